The van der Waals surface area contributed by atoms with Gasteiger partial charge in [-0.15, -0.1) is 0 Å². The number of aliphatic hydroxyl groups excluding tert-OH is 1. The molecule has 2 aliphatic rings. The van der Waals surface area contributed by atoms with Gasteiger partial charge in [0.2, 0.25) is 0 Å². The van der Waals surface area contributed by atoms with Gasteiger partial charge in [0.25, 0.3) is 0 Å². The fourth-order valence-electron chi connectivity index (χ4n) is 3.75. The summed E-state index contributed by atoms with van der Waals surface area (Å²) in [6.45, 7) is 3.36. The molecule has 2 nitrogen and oxygen atoms in total. The van der Waals surface area contributed by atoms with Gasteiger partial charge in [0.05, 0.1) is 16.1 Å². The molecule has 1 aromatic carbocycles. The second-order valence-electron chi connectivity index (χ2n) is 6.16. The molecule has 0 spiro atoms. The number of hydrogen-bond acceptors (Lipinski definition) is 2. The molecule has 0 radical (unpaired) electrons. The van der Waals surface area contributed by atoms with Crippen LogP contribution in [0.15, 0.2) is 18.2 Å². The fraction of sp³-hybridized carbons (Fsp3) is 0.625. The molecule has 3 unspecified atom stereocenters. The van der Waals surface area contributed by atoms with E-state index in [0.29, 0.717) is 10.0 Å². The zero-order valence-electron chi connectivity index (χ0n) is 11.6. The quantitative estimate of drug-likeness (QED) is 0.902. The van der Waals surface area contributed by atoms with E-state index < -0.39 is 6.10 Å². The summed E-state index contributed by atoms with van der Waals surface area (Å²) in [6, 6.07) is 5.45. The van der Waals surface area contributed by atoms with Crippen LogP contribution in [0.25, 0.3) is 0 Å². The number of rotatable bonds is 4. The molecule has 1 aromatic rings. The van der Waals surface area contributed by atoms with Gasteiger partial charge in [0.15, 0.2) is 0 Å². The predicted octanol–water partition coefficient (Wildman–Crippen LogP) is 4.15. The van der Waals surface area contributed by atoms with Gasteiger partial charge in [-0.25, -0.2) is 0 Å². The first-order valence-corrected chi connectivity index (χ1v) is 8.25. The first-order chi connectivity index (χ1) is 9.65. The summed E-state index contributed by atoms with van der Waals surface area (Å²) < 4.78 is 0. The lowest BCUT2D eigenvalue weighted by atomic mass is 10.0. The first-order valence-electron chi connectivity index (χ1n) is 7.49. The lowest BCUT2D eigenvalue weighted by molar-refractivity contribution is 0.146. The second kappa shape index (κ2) is 6.23. The van der Waals surface area contributed by atoms with Gasteiger partial charge in [-0.05, 0) is 37.2 Å². The number of fused-ring (bicyclic) bond motifs is 1. The van der Waals surface area contributed by atoms with Gasteiger partial charge >= 0.3 is 0 Å². The monoisotopic (exact) mass is 313 g/mol. The third-order valence-corrected chi connectivity index (χ3v) is 5.69. The Morgan fingerprint density at radius 2 is 1.90 bits per heavy atom. The second-order valence-corrected chi connectivity index (χ2v) is 6.94. The summed E-state index contributed by atoms with van der Waals surface area (Å²) in [7, 11) is 0. The number of benzene rings is 1. The Morgan fingerprint density at radius 3 is 2.60 bits per heavy atom. The summed E-state index contributed by atoms with van der Waals surface area (Å²) in [6.07, 6.45) is 4.39. The third kappa shape index (κ3) is 2.99. The molecule has 1 saturated carbocycles. The highest BCUT2D eigenvalue weighted by Crippen LogP contribution is 2.38. The number of nitrogens with zero attached hydrogens (tertiary/aromatic N) is 1. The summed E-state index contributed by atoms with van der Waals surface area (Å²) in [4.78, 5) is 2.50. The molecule has 3 rings (SSSR count). The summed E-state index contributed by atoms with van der Waals surface area (Å²) in [5.74, 6) is 1.81. The summed E-state index contributed by atoms with van der Waals surface area (Å²) in [5, 5.41) is 11.3. The molecule has 2 fully saturated rings. The average molecular weight is 314 g/mol. The van der Waals surface area contributed by atoms with Crippen molar-refractivity contribution in [1.29, 1.82) is 0 Å². The van der Waals surface area contributed by atoms with Crippen LogP contribution in [-0.4, -0.2) is 29.6 Å². The Labute approximate surface area is 130 Å². The van der Waals surface area contributed by atoms with E-state index in [1.54, 1.807) is 6.07 Å². The van der Waals surface area contributed by atoms with E-state index >= 15 is 0 Å². The van der Waals surface area contributed by atoms with Crippen LogP contribution in [0.4, 0.5) is 0 Å². The van der Waals surface area contributed by atoms with Gasteiger partial charge < -0.3 is 10.0 Å². The zero-order chi connectivity index (χ0) is 14.1. The minimum Gasteiger partial charge on any atom is -0.388 e. The normalized spacial score (nSPS) is 27.8. The molecule has 1 aliphatic carbocycles. The highest BCUT2D eigenvalue weighted by atomic mass is 35.5. The van der Waals surface area contributed by atoms with Crippen molar-refractivity contribution >= 4 is 23.2 Å². The maximum Gasteiger partial charge on any atom is 0.0817 e. The summed E-state index contributed by atoms with van der Waals surface area (Å²) >= 11 is 12.2. The van der Waals surface area contributed by atoms with E-state index in [1.165, 1.54) is 32.4 Å². The molecule has 1 saturated heterocycles. The minimum atomic E-state index is -0.526. The van der Waals surface area contributed by atoms with Crippen LogP contribution in [0.1, 0.15) is 37.4 Å². The molecule has 3 atom stereocenters. The average Bonchev–Trinajstić information content (AvgIpc) is 3.00. The minimum absolute atomic E-state index is 0.486. The van der Waals surface area contributed by atoms with E-state index in [1.807, 2.05) is 12.1 Å². The number of aliphatic hydroxyl groups is 1. The number of halogens is 2. The maximum atomic E-state index is 10.3. The van der Waals surface area contributed by atoms with Crippen molar-refractivity contribution in [2.24, 2.45) is 11.8 Å². The molecule has 110 valence electrons. The largest absolute Gasteiger partial charge is 0.388 e. The van der Waals surface area contributed by atoms with Crippen molar-refractivity contribution in [3.63, 3.8) is 0 Å². The molecule has 20 heavy (non-hydrogen) atoms. The van der Waals surface area contributed by atoms with Crippen LogP contribution in [0, 0.1) is 11.8 Å². The molecular formula is C16H21Cl2NO. The first kappa shape index (κ1) is 14.6. The van der Waals surface area contributed by atoms with Gasteiger partial charge in [0.1, 0.15) is 0 Å². The zero-order valence-corrected chi connectivity index (χ0v) is 13.1. The predicted molar refractivity (Wildman–Crippen MR) is 83.3 cm³/mol. The lowest BCUT2D eigenvalue weighted by Gasteiger charge is -2.20. The molecule has 1 aliphatic heterocycles. The topological polar surface area (TPSA) is 23.5 Å². The summed E-state index contributed by atoms with van der Waals surface area (Å²) in [5.41, 5.74) is 0.749. The third-order valence-electron chi connectivity index (χ3n) is 4.86. The van der Waals surface area contributed by atoms with Gasteiger partial charge in [-0.3, -0.25) is 0 Å². The van der Waals surface area contributed by atoms with Crippen LogP contribution in [-0.2, 0) is 0 Å². The molecule has 0 aromatic heterocycles. The van der Waals surface area contributed by atoms with Crippen molar-refractivity contribution in [2.45, 2.75) is 31.8 Å². The Kier molecular flexibility index (Phi) is 4.56. The van der Waals surface area contributed by atoms with Crippen LogP contribution in [0.5, 0.6) is 0 Å². The highest BCUT2D eigenvalue weighted by molar-refractivity contribution is 6.42. The van der Waals surface area contributed by atoms with Crippen molar-refractivity contribution < 1.29 is 5.11 Å². The smallest absolute Gasteiger partial charge is 0.0817 e. The SMILES string of the molecule is OC(CCN1CC2CCCC2C1)c1cccc(Cl)c1Cl. The maximum absolute atomic E-state index is 10.3. The van der Waals surface area contributed by atoms with Crippen LogP contribution >= 0.6 is 23.2 Å². The molecule has 1 N–H and O–H groups in total. The van der Waals surface area contributed by atoms with Crippen molar-refractivity contribution in [2.75, 3.05) is 19.6 Å². The highest BCUT2D eigenvalue weighted by Gasteiger charge is 2.35. The van der Waals surface area contributed by atoms with Crippen molar-refractivity contribution in [1.82, 2.24) is 4.90 Å². The van der Waals surface area contributed by atoms with E-state index in [-0.39, 0.29) is 0 Å². The van der Waals surface area contributed by atoms with E-state index in [2.05, 4.69) is 4.90 Å². The Bertz CT molecular complexity index is 468. The Morgan fingerprint density at radius 1 is 1.20 bits per heavy atom. The Balaban J connectivity index is 1.55. The molecule has 0 amide bonds. The lowest BCUT2D eigenvalue weighted by Crippen LogP contribution is -2.24. The molecular weight excluding hydrogens is 293 g/mol. The van der Waals surface area contributed by atoms with Crippen molar-refractivity contribution in [3.05, 3.63) is 33.8 Å². The van der Waals surface area contributed by atoms with Crippen LogP contribution < -0.4 is 0 Å². The van der Waals surface area contributed by atoms with Crippen LogP contribution in [0.2, 0.25) is 10.0 Å². The number of hydrogen-bond donors (Lipinski definition) is 1. The molecule has 1 heterocycles. The fourth-order valence-corrected chi connectivity index (χ4v) is 4.19. The standard InChI is InChI=1S/C16H21Cl2NO/c17-14-6-2-5-13(16(14)18)15(20)7-8-19-9-11-3-1-4-12(11)10-19/h2,5-6,11-12,15,20H,1,3-4,7-10H2. The van der Waals surface area contributed by atoms with Gasteiger partial charge in [-0.2, -0.15) is 0 Å². The van der Waals surface area contributed by atoms with Crippen molar-refractivity contribution in [3.8, 4) is 0 Å². The Hall–Kier alpha value is -0.280. The van der Waals surface area contributed by atoms with Crippen LogP contribution in [0.3, 0.4) is 0 Å². The van der Waals surface area contributed by atoms with Gasteiger partial charge in [-0.1, -0.05) is 41.8 Å². The van der Waals surface area contributed by atoms with E-state index in [4.69, 9.17) is 23.2 Å². The molecule has 0 bridgehead atoms. The number of likely N-dealkylation sites (tertiary alicyclic amines) is 1. The van der Waals surface area contributed by atoms with E-state index in [9.17, 15) is 5.11 Å². The molecule has 4 heteroatoms. The van der Waals surface area contributed by atoms with Gasteiger partial charge in [0, 0.05) is 25.2 Å². The van der Waals surface area contributed by atoms with E-state index in [0.717, 1.165) is 30.4 Å².